The van der Waals surface area contributed by atoms with E-state index in [0.717, 1.165) is 11.4 Å². The van der Waals surface area contributed by atoms with Gasteiger partial charge in [0.1, 0.15) is 11.6 Å². The van der Waals surface area contributed by atoms with Crippen LogP contribution >= 0.6 is 0 Å². The third kappa shape index (κ3) is 3.51. The van der Waals surface area contributed by atoms with Crippen LogP contribution in [-0.2, 0) is 4.79 Å². The summed E-state index contributed by atoms with van der Waals surface area (Å²) in [6.07, 6.45) is 3.80. The first-order valence-corrected chi connectivity index (χ1v) is 6.13. The smallest absolute Gasteiger partial charge is 0.224 e. The van der Waals surface area contributed by atoms with Gasteiger partial charge in [0.05, 0.1) is 11.9 Å². The maximum absolute atomic E-state index is 11.2. The highest BCUT2D eigenvalue weighted by Gasteiger charge is 2.02. The van der Waals surface area contributed by atoms with Crippen LogP contribution in [0.15, 0.2) is 36.7 Å². The largest absolute Gasteiger partial charge is 0.325 e. The number of carbonyl (C=O) groups is 1. The van der Waals surface area contributed by atoms with E-state index in [1.165, 1.54) is 0 Å². The first-order valence-electron chi connectivity index (χ1n) is 6.13. The molecular formula is C14H16N4O. The Labute approximate surface area is 112 Å². The van der Waals surface area contributed by atoms with E-state index in [1.807, 2.05) is 26.0 Å². The summed E-state index contributed by atoms with van der Waals surface area (Å²) in [7, 11) is 0. The predicted octanol–water partition coefficient (Wildman–Crippen LogP) is 2.88. The molecule has 0 atom stereocenters. The summed E-state index contributed by atoms with van der Waals surface area (Å²) in [5, 5.41) is 5.88. The van der Waals surface area contributed by atoms with Crippen LogP contribution in [-0.4, -0.2) is 15.9 Å². The second-order valence-electron chi connectivity index (χ2n) is 4.13. The van der Waals surface area contributed by atoms with Crippen LogP contribution < -0.4 is 10.6 Å². The minimum Gasteiger partial charge on any atom is -0.325 e. The van der Waals surface area contributed by atoms with Gasteiger partial charge >= 0.3 is 0 Å². The SMILES string of the molecule is CCC(=O)Nc1ccc(Nc2ncccc2C)nc1. The van der Waals surface area contributed by atoms with Gasteiger partial charge in [-0.05, 0) is 30.7 Å². The Morgan fingerprint density at radius 3 is 2.74 bits per heavy atom. The van der Waals surface area contributed by atoms with Crippen molar-refractivity contribution in [2.24, 2.45) is 0 Å². The van der Waals surface area contributed by atoms with E-state index in [1.54, 1.807) is 24.5 Å². The zero-order valence-electron chi connectivity index (χ0n) is 11.0. The molecular weight excluding hydrogens is 240 g/mol. The first-order chi connectivity index (χ1) is 9.19. The van der Waals surface area contributed by atoms with E-state index in [4.69, 9.17) is 0 Å². The summed E-state index contributed by atoms with van der Waals surface area (Å²) in [6.45, 7) is 3.79. The van der Waals surface area contributed by atoms with Gasteiger partial charge in [-0.1, -0.05) is 13.0 Å². The average molecular weight is 256 g/mol. The van der Waals surface area contributed by atoms with Crippen molar-refractivity contribution >= 4 is 23.2 Å². The highest BCUT2D eigenvalue weighted by atomic mass is 16.1. The lowest BCUT2D eigenvalue weighted by Gasteiger charge is -2.08. The molecule has 0 radical (unpaired) electrons. The minimum absolute atomic E-state index is 0.0249. The van der Waals surface area contributed by atoms with Gasteiger partial charge in [-0.2, -0.15) is 0 Å². The first kappa shape index (κ1) is 13.0. The van der Waals surface area contributed by atoms with Crippen molar-refractivity contribution in [2.45, 2.75) is 20.3 Å². The Kier molecular flexibility index (Phi) is 4.07. The molecule has 0 saturated heterocycles. The van der Waals surface area contributed by atoms with Gasteiger partial charge in [-0.3, -0.25) is 4.79 Å². The number of anilines is 3. The summed E-state index contributed by atoms with van der Waals surface area (Å²) in [4.78, 5) is 19.7. The Balaban J connectivity index is 2.07. The van der Waals surface area contributed by atoms with Crippen molar-refractivity contribution < 1.29 is 4.79 Å². The topological polar surface area (TPSA) is 66.9 Å². The fourth-order valence-electron chi connectivity index (χ4n) is 1.53. The van der Waals surface area contributed by atoms with Gasteiger partial charge in [0.25, 0.3) is 0 Å². The number of carbonyl (C=O) groups excluding carboxylic acids is 1. The number of hydrogen-bond acceptors (Lipinski definition) is 4. The molecule has 0 saturated carbocycles. The summed E-state index contributed by atoms with van der Waals surface area (Å²) in [6, 6.07) is 7.48. The molecule has 5 nitrogen and oxygen atoms in total. The Bertz CT molecular complexity index is 566. The molecule has 2 N–H and O–H groups in total. The molecule has 2 aromatic rings. The molecule has 1 amide bonds. The standard InChI is InChI=1S/C14H16N4O/c1-3-13(19)17-11-6-7-12(16-9-11)18-14-10(2)5-4-8-15-14/h4-9H,3H2,1-2H3,(H,17,19)(H,15,16,18). The van der Waals surface area contributed by atoms with Gasteiger partial charge in [0.15, 0.2) is 0 Å². The zero-order chi connectivity index (χ0) is 13.7. The Morgan fingerprint density at radius 1 is 1.26 bits per heavy atom. The summed E-state index contributed by atoms with van der Waals surface area (Å²) in [5.41, 5.74) is 1.74. The van der Waals surface area contributed by atoms with Crippen molar-refractivity contribution in [3.63, 3.8) is 0 Å². The number of rotatable bonds is 4. The van der Waals surface area contributed by atoms with Crippen LogP contribution in [0.3, 0.4) is 0 Å². The second kappa shape index (κ2) is 5.95. The van der Waals surface area contributed by atoms with E-state index in [0.29, 0.717) is 17.9 Å². The van der Waals surface area contributed by atoms with E-state index >= 15 is 0 Å². The minimum atomic E-state index is -0.0249. The molecule has 0 aliphatic carbocycles. The van der Waals surface area contributed by atoms with Gasteiger partial charge in [-0.25, -0.2) is 9.97 Å². The lowest BCUT2D eigenvalue weighted by atomic mass is 10.3. The third-order valence-corrected chi connectivity index (χ3v) is 2.62. The Morgan fingerprint density at radius 2 is 2.11 bits per heavy atom. The molecule has 0 spiro atoms. The molecule has 0 aliphatic rings. The molecule has 0 aromatic carbocycles. The van der Waals surface area contributed by atoms with Crippen molar-refractivity contribution in [3.8, 4) is 0 Å². The van der Waals surface area contributed by atoms with Gasteiger partial charge in [0, 0.05) is 12.6 Å². The van der Waals surface area contributed by atoms with Crippen molar-refractivity contribution in [1.29, 1.82) is 0 Å². The lowest BCUT2D eigenvalue weighted by molar-refractivity contribution is -0.115. The number of nitrogens with zero attached hydrogens (tertiary/aromatic N) is 2. The third-order valence-electron chi connectivity index (χ3n) is 2.62. The molecule has 2 aromatic heterocycles. The van der Waals surface area contributed by atoms with E-state index in [2.05, 4.69) is 20.6 Å². The second-order valence-corrected chi connectivity index (χ2v) is 4.13. The van der Waals surface area contributed by atoms with Crippen LogP contribution in [0.2, 0.25) is 0 Å². The highest BCUT2D eigenvalue weighted by Crippen LogP contribution is 2.17. The molecule has 5 heteroatoms. The van der Waals surface area contributed by atoms with E-state index in [-0.39, 0.29) is 5.91 Å². The van der Waals surface area contributed by atoms with Crippen molar-refractivity contribution in [3.05, 3.63) is 42.2 Å². The number of hydrogen-bond donors (Lipinski definition) is 2. The normalized spacial score (nSPS) is 10.0. The van der Waals surface area contributed by atoms with Crippen LogP contribution in [0, 0.1) is 6.92 Å². The van der Waals surface area contributed by atoms with Gasteiger partial charge < -0.3 is 10.6 Å². The number of aryl methyl sites for hydroxylation is 1. The van der Waals surface area contributed by atoms with Crippen LogP contribution in [0.5, 0.6) is 0 Å². The van der Waals surface area contributed by atoms with Crippen molar-refractivity contribution in [2.75, 3.05) is 10.6 Å². The maximum atomic E-state index is 11.2. The summed E-state index contributed by atoms with van der Waals surface area (Å²) >= 11 is 0. The van der Waals surface area contributed by atoms with Gasteiger partial charge in [-0.15, -0.1) is 0 Å². The van der Waals surface area contributed by atoms with Crippen LogP contribution in [0.4, 0.5) is 17.3 Å². The van der Waals surface area contributed by atoms with Crippen LogP contribution in [0.1, 0.15) is 18.9 Å². The molecule has 98 valence electrons. The molecule has 2 rings (SSSR count). The van der Waals surface area contributed by atoms with Crippen LogP contribution in [0.25, 0.3) is 0 Å². The van der Waals surface area contributed by atoms with E-state index in [9.17, 15) is 4.79 Å². The number of amides is 1. The molecule has 0 aliphatic heterocycles. The monoisotopic (exact) mass is 256 g/mol. The fourth-order valence-corrected chi connectivity index (χ4v) is 1.53. The predicted molar refractivity (Wildman–Crippen MR) is 75.4 cm³/mol. The lowest BCUT2D eigenvalue weighted by Crippen LogP contribution is -2.09. The summed E-state index contributed by atoms with van der Waals surface area (Å²) < 4.78 is 0. The number of nitrogens with one attached hydrogen (secondary N) is 2. The Hall–Kier alpha value is -2.43. The highest BCUT2D eigenvalue weighted by molar-refractivity contribution is 5.90. The van der Waals surface area contributed by atoms with Gasteiger partial charge in [0.2, 0.25) is 5.91 Å². The molecule has 2 heterocycles. The number of aromatic nitrogens is 2. The van der Waals surface area contributed by atoms with E-state index < -0.39 is 0 Å². The zero-order valence-corrected chi connectivity index (χ0v) is 11.0. The quantitative estimate of drug-likeness (QED) is 0.882. The number of pyridine rings is 2. The maximum Gasteiger partial charge on any atom is 0.224 e. The summed E-state index contributed by atoms with van der Waals surface area (Å²) in [5.74, 6) is 1.44. The molecule has 19 heavy (non-hydrogen) atoms. The van der Waals surface area contributed by atoms with Crippen molar-refractivity contribution in [1.82, 2.24) is 9.97 Å². The molecule has 0 bridgehead atoms. The fraction of sp³-hybridized carbons (Fsp3) is 0.214. The molecule has 0 unspecified atom stereocenters. The average Bonchev–Trinajstić information content (AvgIpc) is 2.43. The molecule has 0 fully saturated rings.